The van der Waals surface area contributed by atoms with Crippen molar-refractivity contribution in [2.45, 2.75) is 0 Å². The average molecular weight is 287 g/mol. The molecule has 0 amide bonds. The Hall–Kier alpha value is -1.49. The van der Waals surface area contributed by atoms with Crippen LogP contribution in [0, 0.1) is 0 Å². The highest BCUT2D eigenvalue weighted by Gasteiger charge is 2.16. The molecule has 16 heavy (non-hydrogen) atoms. The van der Waals surface area contributed by atoms with Crippen molar-refractivity contribution < 1.29 is 19.4 Å². The lowest BCUT2D eigenvalue weighted by molar-refractivity contribution is 0.0692. The summed E-state index contributed by atoms with van der Waals surface area (Å²) >= 11 is 3.23. The summed E-state index contributed by atoms with van der Waals surface area (Å²) in [5.41, 5.74) is 0.0491. The summed E-state index contributed by atoms with van der Waals surface area (Å²) in [6.45, 7) is 3.74. The topological polar surface area (TPSA) is 55.8 Å². The molecule has 1 rings (SSSR count). The van der Waals surface area contributed by atoms with E-state index in [-0.39, 0.29) is 17.9 Å². The predicted octanol–water partition coefficient (Wildman–Crippen LogP) is 2.72. The van der Waals surface area contributed by atoms with E-state index >= 15 is 0 Å². The van der Waals surface area contributed by atoms with Crippen LogP contribution >= 0.6 is 15.9 Å². The van der Waals surface area contributed by atoms with Crippen molar-refractivity contribution in [2.24, 2.45) is 0 Å². The minimum Gasteiger partial charge on any atom is -0.497 e. The molecule has 0 aliphatic heterocycles. The molecule has 0 fully saturated rings. The van der Waals surface area contributed by atoms with E-state index in [0.717, 1.165) is 0 Å². The molecule has 86 valence electrons. The maximum atomic E-state index is 11.0. The third kappa shape index (κ3) is 2.76. The first-order valence-electron chi connectivity index (χ1n) is 4.44. The number of halogens is 1. The van der Waals surface area contributed by atoms with Crippen molar-refractivity contribution in [3.8, 4) is 11.5 Å². The molecule has 1 N–H and O–H groups in total. The highest BCUT2D eigenvalue weighted by molar-refractivity contribution is 9.10. The summed E-state index contributed by atoms with van der Waals surface area (Å²) in [6, 6.07) is 3.05. The van der Waals surface area contributed by atoms with Gasteiger partial charge in [-0.25, -0.2) is 4.79 Å². The van der Waals surface area contributed by atoms with E-state index in [0.29, 0.717) is 10.2 Å². The predicted molar refractivity (Wildman–Crippen MR) is 63.3 cm³/mol. The minimum absolute atomic E-state index is 0.0491. The Labute approximate surface area is 102 Å². The van der Waals surface area contributed by atoms with Crippen LogP contribution in [0.2, 0.25) is 0 Å². The second-order valence-corrected chi connectivity index (χ2v) is 3.75. The Morgan fingerprint density at radius 3 is 2.81 bits per heavy atom. The van der Waals surface area contributed by atoms with E-state index in [1.807, 2.05) is 0 Å². The fourth-order valence-electron chi connectivity index (χ4n) is 1.13. The monoisotopic (exact) mass is 286 g/mol. The van der Waals surface area contributed by atoms with Gasteiger partial charge in [-0.15, -0.1) is 0 Å². The zero-order valence-corrected chi connectivity index (χ0v) is 10.3. The largest absolute Gasteiger partial charge is 0.497 e. The van der Waals surface area contributed by atoms with Crippen molar-refractivity contribution in [1.29, 1.82) is 0 Å². The minimum atomic E-state index is -1.07. The zero-order chi connectivity index (χ0) is 12.1. The molecule has 1 aromatic rings. The highest BCUT2D eigenvalue weighted by Crippen LogP contribution is 2.33. The van der Waals surface area contributed by atoms with Crippen LogP contribution in [0.25, 0.3) is 0 Å². The van der Waals surface area contributed by atoms with Crippen molar-refractivity contribution in [1.82, 2.24) is 0 Å². The van der Waals surface area contributed by atoms with Gasteiger partial charge in [0.25, 0.3) is 0 Å². The van der Waals surface area contributed by atoms with Gasteiger partial charge < -0.3 is 14.6 Å². The molecule has 0 atom stereocenters. The van der Waals surface area contributed by atoms with Crippen LogP contribution in [-0.4, -0.2) is 24.8 Å². The average Bonchev–Trinajstić information content (AvgIpc) is 2.26. The number of benzene rings is 1. The maximum Gasteiger partial charge on any atom is 0.339 e. The Bertz CT molecular complexity index is 415. The van der Waals surface area contributed by atoms with Crippen molar-refractivity contribution >= 4 is 21.9 Å². The van der Waals surface area contributed by atoms with Gasteiger partial charge in [0.15, 0.2) is 0 Å². The molecule has 0 aliphatic carbocycles. The van der Waals surface area contributed by atoms with Gasteiger partial charge in [-0.2, -0.15) is 0 Å². The summed E-state index contributed by atoms with van der Waals surface area (Å²) in [7, 11) is 1.47. The second-order valence-electron chi connectivity index (χ2n) is 2.89. The quantitative estimate of drug-likeness (QED) is 0.846. The summed E-state index contributed by atoms with van der Waals surface area (Å²) in [5.74, 6) is -0.345. The summed E-state index contributed by atoms with van der Waals surface area (Å²) in [4.78, 5) is 11.0. The number of carboxylic acid groups (broad SMARTS) is 1. The molecular weight excluding hydrogens is 276 g/mol. The van der Waals surface area contributed by atoms with Gasteiger partial charge in [0.2, 0.25) is 0 Å². The standard InChI is InChI=1S/C11H11BrO4/c1-3-4-16-10-8(11(13)14)5-7(15-2)6-9(10)12/h3,5-6H,1,4H2,2H3,(H,13,14). The van der Waals surface area contributed by atoms with E-state index < -0.39 is 5.97 Å². The Balaban J connectivity index is 3.22. The zero-order valence-electron chi connectivity index (χ0n) is 8.70. The summed E-state index contributed by atoms with van der Waals surface area (Å²) in [6.07, 6.45) is 1.54. The lowest BCUT2D eigenvalue weighted by Gasteiger charge is -2.11. The van der Waals surface area contributed by atoms with Crippen molar-refractivity contribution in [2.75, 3.05) is 13.7 Å². The summed E-state index contributed by atoms with van der Waals surface area (Å²) < 4.78 is 10.8. The van der Waals surface area contributed by atoms with Gasteiger partial charge in [-0.1, -0.05) is 12.7 Å². The number of aromatic carboxylic acids is 1. The number of carbonyl (C=O) groups is 1. The number of hydrogen-bond donors (Lipinski definition) is 1. The van der Waals surface area contributed by atoms with Crippen LogP contribution < -0.4 is 9.47 Å². The highest BCUT2D eigenvalue weighted by atomic mass is 79.9. The van der Waals surface area contributed by atoms with E-state index in [9.17, 15) is 4.79 Å². The van der Waals surface area contributed by atoms with Crippen LogP contribution in [0.4, 0.5) is 0 Å². The molecule has 1 aromatic carbocycles. The molecule has 0 aliphatic rings. The fourth-order valence-corrected chi connectivity index (χ4v) is 1.69. The molecule has 0 bridgehead atoms. The van der Waals surface area contributed by atoms with E-state index in [1.54, 1.807) is 12.1 Å². The molecule has 5 heteroatoms. The Morgan fingerprint density at radius 2 is 2.31 bits per heavy atom. The SMILES string of the molecule is C=CCOc1c(Br)cc(OC)cc1C(=O)O. The molecule has 0 saturated carbocycles. The first-order chi connectivity index (χ1) is 7.60. The lowest BCUT2D eigenvalue weighted by Crippen LogP contribution is -2.04. The van der Waals surface area contributed by atoms with Gasteiger partial charge in [-0.05, 0) is 28.1 Å². The smallest absolute Gasteiger partial charge is 0.339 e. The number of ether oxygens (including phenoxy) is 2. The van der Waals surface area contributed by atoms with Gasteiger partial charge in [-0.3, -0.25) is 0 Å². The van der Waals surface area contributed by atoms with Crippen LogP contribution in [0.5, 0.6) is 11.5 Å². The molecule has 0 heterocycles. The maximum absolute atomic E-state index is 11.0. The fraction of sp³-hybridized carbons (Fsp3) is 0.182. The molecule has 0 radical (unpaired) electrons. The van der Waals surface area contributed by atoms with Gasteiger partial charge in [0, 0.05) is 0 Å². The van der Waals surface area contributed by atoms with Crippen LogP contribution in [0.1, 0.15) is 10.4 Å². The van der Waals surface area contributed by atoms with Gasteiger partial charge in [0.05, 0.1) is 11.6 Å². The second kappa shape index (κ2) is 5.55. The van der Waals surface area contributed by atoms with Crippen molar-refractivity contribution in [3.63, 3.8) is 0 Å². The summed E-state index contributed by atoms with van der Waals surface area (Å²) in [5, 5.41) is 9.03. The van der Waals surface area contributed by atoms with Gasteiger partial charge >= 0.3 is 5.97 Å². The molecule has 4 nitrogen and oxygen atoms in total. The molecule has 0 unspecified atom stereocenters. The van der Waals surface area contributed by atoms with E-state index in [4.69, 9.17) is 14.6 Å². The molecule has 0 spiro atoms. The molecule has 0 saturated heterocycles. The Kier molecular flexibility index (Phi) is 4.37. The first kappa shape index (κ1) is 12.6. The number of hydrogen-bond acceptors (Lipinski definition) is 3. The van der Waals surface area contributed by atoms with Crippen LogP contribution in [0.3, 0.4) is 0 Å². The lowest BCUT2D eigenvalue weighted by atomic mass is 10.2. The Morgan fingerprint density at radius 1 is 1.62 bits per heavy atom. The number of rotatable bonds is 5. The van der Waals surface area contributed by atoms with Crippen LogP contribution in [-0.2, 0) is 0 Å². The van der Waals surface area contributed by atoms with E-state index in [2.05, 4.69) is 22.5 Å². The van der Waals surface area contributed by atoms with Gasteiger partial charge in [0.1, 0.15) is 23.7 Å². The number of carboxylic acids is 1. The normalized spacial score (nSPS) is 9.62. The number of methoxy groups -OCH3 is 1. The van der Waals surface area contributed by atoms with Crippen LogP contribution in [0.15, 0.2) is 29.3 Å². The molecular formula is C11H11BrO4. The van der Waals surface area contributed by atoms with E-state index in [1.165, 1.54) is 13.2 Å². The first-order valence-corrected chi connectivity index (χ1v) is 5.24. The third-order valence-corrected chi connectivity index (χ3v) is 2.42. The third-order valence-electron chi connectivity index (χ3n) is 1.83. The molecule has 0 aromatic heterocycles. The van der Waals surface area contributed by atoms with Crippen molar-refractivity contribution in [3.05, 3.63) is 34.8 Å².